The number of carbonyl (C=O) groups excluding carboxylic acids is 2. The highest BCUT2D eigenvalue weighted by molar-refractivity contribution is 5.87. The number of carbonyl (C=O) groups is 3. The van der Waals surface area contributed by atoms with E-state index in [0.29, 0.717) is 0 Å². The monoisotopic (exact) mass is 300 g/mol. The Hall–Kier alpha value is -1.83. The fraction of sp³-hybridized carbons (Fsp3) is 0.769. The predicted molar refractivity (Wildman–Crippen MR) is 76.7 cm³/mol. The number of urea groups is 1. The predicted octanol–water partition coefficient (Wildman–Crippen LogP) is -0.511. The standard InChI is InChI=1S/C13H24N4O4/c1-9(8-17-5-3-2-4-6-17)15-13(21)16-10(12(19)20)7-11(14)18/h9-10H,2-8H2,1H3,(H2,14,18)(H,19,20)(H2,15,16,21)/t9?,10-/m1/s1. The fourth-order valence-electron chi connectivity index (χ4n) is 2.40. The molecule has 1 unspecified atom stereocenters. The van der Waals surface area contributed by atoms with Crippen LogP contribution in [0.1, 0.15) is 32.6 Å². The Morgan fingerprint density at radius 2 is 1.81 bits per heavy atom. The summed E-state index contributed by atoms with van der Waals surface area (Å²) in [7, 11) is 0. The van der Waals surface area contributed by atoms with Gasteiger partial charge in [-0.15, -0.1) is 0 Å². The third-order valence-corrected chi connectivity index (χ3v) is 3.37. The van der Waals surface area contributed by atoms with Crippen LogP contribution in [0.3, 0.4) is 0 Å². The van der Waals surface area contributed by atoms with Crippen LogP contribution < -0.4 is 16.4 Å². The van der Waals surface area contributed by atoms with Crippen molar-refractivity contribution in [1.82, 2.24) is 15.5 Å². The minimum Gasteiger partial charge on any atom is -0.480 e. The number of hydrogen-bond donors (Lipinski definition) is 4. The molecular formula is C13H24N4O4. The van der Waals surface area contributed by atoms with Crippen molar-refractivity contribution in [1.29, 1.82) is 0 Å². The summed E-state index contributed by atoms with van der Waals surface area (Å²) < 4.78 is 0. The molecule has 3 amide bonds. The van der Waals surface area contributed by atoms with Crippen LogP contribution in [0.5, 0.6) is 0 Å². The Morgan fingerprint density at radius 3 is 2.33 bits per heavy atom. The molecule has 0 bridgehead atoms. The lowest BCUT2D eigenvalue weighted by molar-refractivity contribution is -0.140. The molecule has 1 saturated heterocycles. The molecule has 8 nitrogen and oxygen atoms in total. The molecule has 1 aliphatic heterocycles. The molecule has 1 heterocycles. The summed E-state index contributed by atoms with van der Waals surface area (Å²) in [5.74, 6) is -2.06. The topological polar surface area (TPSA) is 125 Å². The summed E-state index contributed by atoms with van der Waals surface area (Å²) in [4.78, 5) is 35.7. The second-order valence-corrected chi connectivity index (χ2v) is 5.44. The van der Waals surface area contributed by atoms with Crippen LogP contribution in [-0.2, 0) is 9.59 Å². The largest absolute Gasteiger partial charge is 0.480 e. The van der Waals surface area contributed by atoms with Crippen molar-refractivity contribution in [2.24, 2.45) is 5.73 Å². The summed E-state index contributed by atoms with van der Waals surface area (Å²) in [6.07, 6.45) is 3.15. The summed E-state index contributed by atoms with van der Waals surface area (Å²) >= 11 is 0. The zero-order valence-corrected chi connectivity index (χ0v) is 12.3. The average molecular weight is 300 g/mol. The van der Waals surface area contributed by atoms with Crippen molar-refractivity contribution in [3.05, 3.63) is 0 Å². The molecule has 120 valence electrons. The quantitative estimate of drug-likeness (QED) is 0.504. The molecule has 0 spiro atoms. The molecule has 8 heteroatoms. The summed E-state index contributed by atoms with van der Waals surface area (Å²) in [6, 6.07) is -2.01. The van der Waals surface area contributed by atoms with E-state index in [0.717, 1.165) is 19.6 Å². The minimum atomic E-state index is -1.30. The maximum Gasteiger partial charge on any atom is 0.326 e. The van der Waals surface area contributed by atoms with Gasteiger partial charge in [0.15, 0.2) is 0 Å². The van der Waals surface area contributed by atoms with Gasteiger partial charge in [-0.05, 0) is 32.9 Å². The van der Waals surface area contributed by atoms with Gasteiger partial charge in [0.25, 0.3) is 0 Å². The molecule has 0 radical (unpaired) electrons. The maximum atomic E-state index is 11.7. The number of aliphatic carboxylic acids is 1. The van der Waals surface area contributed by atoms with Crippen molar-refractivity contribution in [2.75, 3.05) is 19.6 Å². The van der Waals surface area contributed by atoms with Gasteiger partial charge in [0.2, 0.25) is 5.91 Å². The zero-order chi connectivity index (χ0) is 15.8. The Labute approximate surface area is 124 Å². The molecule has 0 saturated carbocycles. The van der Waals surface area contributed by atoms with Gasteiger partial charge in [-0.3, -0.25) is 4.79 Å². The van der Waals surface area contributed by atoms with Gasteiger partial charge in [-0.2, -0.15) is 0 Å². The van der Waals surface area contributed by atoms with Crippen molar-refractivity contribution in [3.63, 3.8) is 0 Å². The molecule has 2 atom stereocenters. The van der Waals surface area contributed by atoms with E-state index in [1.807, 2.05) is 6.92 Å². The van der Waals surface area contributed by atoms with Crippen LogP contribution in [0, 0.1) is 0 Å². The van der Waals surface area contributed by atoms with Gasteiger partial charge in [-0.25, -0.2) is 9.59 Å². The Kier molecular flexibility index (Phi) is 6.93. The number of amides is 3. The molecule has 0 aromatic heterocycles. The first-order valence-corrected chi connectivity index (χ1v) is 7.19. The van der Waals surface area contributed by atoms with E-state index in [-0.39, 0.29) is 6.04 Å². The summed E-state index contributed by atoms with van der Waals surface area (Å²) in [5, 5.41) is 13.8. The van der Waals surface area contributed by atoms with Gasteiger partial charge < -0.3 is 26.4 Å². The third kappa shape index (κ3) is 6.94. The average Bonchev–Trinajstić information content (AvgIpc) is 2.38. The maximum absolute atomic E-state index is 11.7. The fourth-order valence-corrected chi connectivity index (χ4v) is 2.40. The lowest BCUT2D eigenvalue weighted by Crippen LogP contribution is -2.52. The molecule has 0 aromatic rings. The number of hydrogen-bond acceptors (Lipinski definition) is 4. The second-order valence-electron chi connectivity index (χ2n) is 5.44. The number of carboxylic acid groups (broad SMARTS) is 1. The number of rotatable bonds is 7. The SMILES string of the molecule is CC(CN1CCCCC1)NC(=O)N[C@H](CC(N)=O)C(=O)O. The molecular weight excluding hydrogens is 276 g/mol. The summed E-state index contributed by atoms with van der Waals surface area (Å²) in [6.45, 7) is 4.62. The van der Waals surface area contributed by atoms with Gasteiger partial charge in [-0.1, -0.05) is 6.42 Å². The number of carboxylic acids is 1. The third-order valence-electron chi connectivity index (χ3n) is 3.37. The zero-order valence-electron chi connectivity index (χ0n) is 12.3. The van der Waals surface area contributed by atoms with Gasteiger partial charge in [0.05, 0.1) is 6.42 Å². The number of primary amides is 1. The lowest BCUT2D eigenvalue weighted by Gasteiger charge is -2.29. The Bertz CT molecular complexity index is 382. The van der Waals surface area contributed by atoms with E-state index in [9.17, 15) is 14.4 Å². The Balaban J connectivity index is 2.36. The minimum absolute atomic E-state index is 0.105. The molecule has 0 aliphatic carbocycles. The molecule has 1 fully saturated rings. The number of nitrogens with one attached hydrogen (secondary N) is 2. The molecule has 0 aromatic carbocycles. The van der Waals surface area contributed by atoms with Crippen LogP contribution in [0.2, 0.25) is 0 Å². The van der Waals surface area contributed by atoms with Crippen LogP contribution >= 0.6 is 0 Å². The summed E-state index contributed by atoms with van der Waals surface area (Å²) in [5.41, 5.74) is 4.95. The van der Waals surface area contributed by atoms with E-state index in [2.05, 4.69) is 15.5 Å². The van der Waals surface area contributed by atoms with E-state index >= 15 is 0 Å². The van der Waals surface area contributed by atoms with Crippen LogP contribution in [-0.4, -0.2) is 59.6 Å². The highest BCUT2D eigenvalue weighted by atomic mass is 16.4. The van der Waals surface area contributed by atoms with Crippen molar-refractivity contribution in [3.8, 4) is 0 Å². The van der Waals surface area contributed by atoms with Crippen molar-refractivity contribution in [2.45, 2.75) is 44.7 Å². The highest BCUT2D eigenvalue weighted by Gasteiger charge is 2.23. The van der Waals surface area contributed by atoms with Crippen LogP contribution in [0.4, 0.5) is 4.79 Å². The second kappa shape index (κ2) is 8.46. The first kappa shape index (κ1) is 17.2. The number of piperidine rings is 1. The van der Waals surface area contributed by atoms with Crippen molar-refractivity contribution >= 4 is 17.9 Å². The molecule has 5 N–H and O–H groups in total. The van der Waals surface area contributed by atoms with E-state index in [4.69, 9.17) is 10.8 Å². The van der Waals surface area contributed by atoms with E-state index in [1.54, 1.807) is 0 Å². The smallest absolute Gasteiger partial charge is 0.326 e. The normalized spacial score (nSPS) is 18.5. The number of nitrogens with two attached hydrogens (primary N) is 1. The van der Waals surface area contributed by atoms with Gasteiger partial charge in [0, 0.05) is 12.6 Å². The lowest BCUT2D eigenvalue weighted by atomic mass is 10.1. The van der Waals surface area contributed by atoms with E-state index in [1.165, 1.54) is 19.3 Å². The first-order valence-electron chi connectivity index (χ1n) is 7.19. The van der Waals surface area contributed by atoms with Crippen LogP contribution in [0.15, 0.2) is 0 Å². The number of likely N-dealkylation sites (tertiary alicyclic amines) is 1. The van der Waals surface area contributed by atoms with E-state index < -0.39 is 30.4 Å². The van der Waals surface area contributed by atoms with Crippen LogP contribution in [0.25, 0.3) is 0 Å². The molecule has 1 rings (SSSR count). The Morgan fingerprint density at radius 1 is 1.19 bits per heavy atom. The first-order chi connectivity index (χ1) is 9.88. The van der Waals surface area contributed by atoms with Gasteiger partial charge >= 0.3 is 12.0 Å². The number of nitrogens with zero attached hydrogens (tertiary/aromatic N) is 1. The molecule has 1 aliphatic rings. The molecule has 21 heavy (non-hydrogen) atoms. The highest BCUT2D eigenvalue weighted by Crippen LogP contribution is 2.08. The van der Waals surface area contributed by atoms with Crippen molar-refractivity contribution < 1.29 is 19.5 Å². The van der Waals surface area contributed by atoms with Gasteiger partial charge in [0.1, 0.15) is 6.04 Å².